The Morgan fingerprint density at radius 3 is 2.53 bits per heavy atom. The number of rotatable bonds is 12. The number of primary amides is 1. The van der Waals surface area contributed by atoms with Crippen molar-refractivity contribution in [1.29, 1.82) is 0 Å². The van der Waals surface area contributed by atoms with Crippen molar-refractivity contribution in [2.75, 3.05) is 18.1 Å². The van der Waals surface area contributed by atoms with E-state index in [1.807, 2.05) is 18.7 Å². The summed E-state index contributed by atoms with van der Waals surface area (Å²) in [6.07, 6.45) is 5.38. The molecule has 3 nitrogen and oxygen atoms in total. The van der Waals surface area contributed by atoms with Crippen molar-refractivity contribution in [1.82, 2.24) is 5.32 Å². The van der Waals surface area contributed by atoms with Crippen molar-refractivity contribution < 1.29 is 4.79 Å². The van der Waals surface area contributed by atoms with E-state index in [4.69, 9.17) is 5.73 Å². The normalized spacial score (nSPS) is 14.6. The summed E-state index contributed by atoms with van der Waals surface area (Å²) >= 11 is 2.02. The van der Waals surface area contributed by atoms with Crippen LogP contribution in [0.15, 0.2) is 0 Å². The van der Waals surface area contributed by atoms with E-state index in [0.29, 0.717) is 0 Å². The third kappa shape index (κ3) is 9.33. The lowest BCUT2D eigenvalue weighted by atomic mass is 9.94. The molecule has 0 heterocycles. The third-order valence-electron chi connectivity index (χ3n) is 3.36. The molecule has 0 spiro atoms. The van der Waals surface area contributed by atoms with Crippen LogP contribution in [0.2, 0.25) is 0 Å². The minimum absolute atomic E-state index is 0.228. The summed E-state index contributed by atoms with van der Waals surface area (Å²) in [7, 11) is 0. The Morgan fingerprint density at radius 1 is 1.32 bits per heavy atom. The lowest BCUT2D eigenvalue weighted by Crippen LogP contribution is -2.53. The van der Waals surface area contributed by atoms with E-state index in [2.05, 4.69) is 26.1 Å². The Balaban J connectivity index is 3.73. The van der Waals surface area contributed by atoms with Crippen LogP contribution in [0.25, 0.3) is 0 Å². The zero-order valence-corrected chi connectivity index (χ0v) is 13.9. The number of hydrogen-bond acceptors (Lipinski definition) is 3. The second-order valence-electron chi connectivity index (χ2n) is 5.88. The number of carbonyl (C=O) groups is 1. The van der Waals surface area contributed by atoms with Gasteiger partial charge in [-0.25, -0.2) is 0 Å². The molecule has 0 saturated heterocycles. The van der Waals surface area contributed by atoms with Gasteiger partial charge < -0.3 is 11.1 Å². The fourth-order valence-electron chi connectivity index (χ4n) is 1.80. The van der Waals surface area contributed by atoms with E-state index >= 15 is 0 Å². The van der Waals surface area contributed by atoms with Crippen molar-refractivity contribution in [3.05, 3.63) is 0 Å². The summed E-state index contributed by atoms with van der Waals surface area (Å²) in [4.78, 5) is 11.5. The summed E-state index contributed by atoms with van der Waals surface area (Å²) in [6, 6.07) is 0. The van der Waals surface area contributed by atoms with Crippen LogP contribution < -0.4 is 11.1 Å². The Labute approximate surface area is 123 Å². The summed E-state index contributed by atoms with van der Waals surface area (Å²) in [5.74, 6) is 3.01. The van der Waals surface area contributed by atoms with Gasteiger partial charge in [-0.05, 0) is 56.6 Å². The Morgan fingerprint density at radius 2 is 2.00 bits per heavy atom. The molecule has 1 unspecified atom stereocenters. The quantitative estimate of drug-likeness (QED) is 0.542. The fourth-order valence-corrected chi connectivity index (χ4v) is 3.05. The van der Waals surface area contributed by atoms with E-state index in [1.54, 1.807) is 0 Å². The summed E-state index contributed by atoms with van der Waals surface area (Å²) in [5, 5.41) is 3.28. The summed E-state index contributed by atoms with van der Waals surface area (Å²) in [5.41, 5.74) is 4.97. The highest BCUT2D eigenvalue weighted by Crippen LogP contribution is 2.16. The van der Waals surface area contributed by atoms with Crippen LogP contribution in [0, 0.1) is 5.92 Å². The molecule has 0 aliphatic rings. The third-order valence-corrected chi connectivity index (χ3v) is 4.47. The predicted molar refractivity (Wildman–Crippen MR) is 86.5 cm³/mol. The van der Waals surface area contributed by atoms with Crippen LogP contribution >= 0.6 is 11.8 Å². The maximum absolute atomic E-state index is 11.5. The first-order chi connectivity index (χ1) is 8.92. The van der Waals surface area contributed by atoms with Crippen molar-refractivity contribution in [2.24, 2.45) is 11.7 Å². The minimum Gasteiger partial charge on any atom is -0.368 e. The van der Waals surface area contributed by atoms with Gasteiger partial charge in [0.05, 0.1) is 5.54 Å². The van der Waals surface area contributed by atoms with E-state index in [1.165, 1.54) is 24.3 Å². The number of amides is 1. The Bertz CT molecular complexity index is 246. The van der Waals surface area contributed by atoms with Crippen molar-refractivity contribution in [3.63, 3.8) is 0 Å². The van der Waals surface area contributed by atoms with Gasteiger partial charge in [0.2, 0.25) is 5.91 Å². The average molecular weight is 289 g/mol. The average Bonchev–Trinajstić information content (AvgIpc) is 2.34. The largest absolute Gasteiger partial charge is 0.368 e. The lowest BCUT2D eigenvalue weighted by molar-refractivity contribution is -0.124. The van der Waals surface area contributed by atoms with Crippen LogP contribution in [-0.2, 0) is 4.79 Å². The van der Waals surface area contributed by atoms with Gasteiger partial charge in [-0.1, -0.05) is 27.2 Å². The van der Waals surface area contributed by atoms with E-state index in [-0.39, 0.29) is 5.91 Å². The van der Waals surface area contributed by atoms with Gasteiger partial charge >= 0.3 is 0 Å². The number of nitrogens with one attached hydrogen (secondary N) is 1. The van der Waals surface area contributed by atoms with Gasteiger partial charge in [0, 0.05) is 0 Å². The maximum atomic E-state index is 11.5. The zero-order chi connectivity index (χ0) is 14.7. The highest BCUT2D eigenvalue weighted by Gasteiger charge is 2.29. The van der Waals surface area contributed by atoms with Crippen LogP contribution in [-0.4, -0.2) is 29.5 Å². The Kier molecular flexibility index (Phi) is 10.4. The lowest BCUT2D eigenvalue weighted by Gasteiger charge is -2.27. The molecule has 0 aliphatic heterocycles. The molecule has 19 heavy (non-hydrogen) atoms. The van der Waals surface area contributed by atoms with Gasteiger partial charge in [-0.3, -0.25) is 4.79 Å². The van der Waals surface area contributed by atoms with E-state index in [0.717, 1.165) is 31.7 Å². The number of nitrogens with two attached hydrogens (primary N) is 1. The first kappa shape index (κ1) is 18.8. The topological polar surface area (TPSA) is 55.1 Å². The summed E-state index contributed by atoms with van der Waals surface area (Å²) < 4.78 is 0. The molecule has 1 amide bonds. The fraction of sp³-hybridized carbons (Fsp3) is 0.933. The SMILES string of the molecule is CCCNC(C)(CCCCSCCC(C)C)C(N)=O. The summed E-state index contributed by atoms with van der Waals surface area (Å²) in [6.45, 7) is 9.40. The van der Waals surface area contributed by atoms with Gasteiger partial charge in [-0.2, -0.15) is 11.8 Å². The number of thioether (sulfide) groups is 1. The molecule has 0 fully saturated rings. The number of hydrogen-bond donors (Lipinski definition) is 2. The Hall–Kier alpha value is -0.220. The molecule has 0 rings (SSSR count). The van der Waals surface area contributed by atoms with Crippen LogP contribution in [0.5, 0.6) is 0 Å². The van der Waals surface area contributed by atoms with Crippen molar-refractivity contribution >= 4 is 17.7 Å². The van der Waals surface area contributed by atoms with E-state index in [9.17, 15) is 4.79 Å². The molecule has 0 bridgehead atoms. The van der Waals surface area contributed by atoms with Crippen LogP contribution in [0.1, 0.15) is 59.8 Å². The number of carbonyl (C=O) groups excluding carboxylic acids is 1. The molecule has 0 aliphatic carbocycles. The first-order valence-electron chi connectivity index (χ1n) is 7.55. The van der Waals surface area contributed by atoms with Crippen LogP contribution in [0.3, 0.4) is 0 Å². The van der Waals surface area contributed by atoms with Crippen molar-refractivity contribution in [2.45, 2.75) is 65.3 Å². The number of unbranched alkanes of at least 4 members (excludes halogenated alkanes) is 1. The van der Waals surface area contributed by atoms with Gasteiger partial charge in [0.1, 0.15) is 0 Å². The maximum Gasteiger partial charge on any atom is 0.237 e. The standard InChI is InChI=1S/C15H32N2OS/c1-5-10-17-15(4,14(16)18)9-6-7-11-19-12-8-13(2)3/h13,17H,5-12H2,1-4H3,(H2,16,18). The molecule has 114 valence electrons. The molecular weight excluding hydrogens is 256 g/mol. The molecule has 0 saturated carbocycles. The molecule has 4 heteroatoms. The monoisotopic (exact) mass is 288 g/mol. The molecule has 0 aromatic rings. The van der Waals surface area contributed by atoms with Crippen LogP contribution in [0.4, 0.5) is 0 Å². The van der Waals surface area contributed by atoms with Gasteiger partial charge in [0.25, 0.3) is 0 Å². The zero-order valence-electron chi connectivity index (χ0n) is 13.1. The first-order valence-corrected chi connectivity index (χ1v) is 8.70. The smallest absolute Gasteiger partial charge is 0.237 e. The molecule has 3 N–H and O–H groups in total. The van der Waals surface area contributed by atoms with Gasteiger partial charge in [0.15, 0.2) is 0 Å². The molecule has 1 atom stereocenters. The highest BCUT2D eigenvalue weighted by molar-refractivity contribution is 7.99. The molecule has 0 aromatic carbocycles. The predicted octanol–water partition coefficient (Wildman–Crippen LogP) is 3.18. The van der Waals surface area contributed by atoms with E-state index < -0.39 is 5.54 Å². The highest BCUT2D eigenvalue weighted by atomic mass is 32.2. The second kappa shape index (κ2) is 10.6. The molecule has 0 radical (unpaired) electrons. The minimum atomic E-state index is -0.529. The van der Waals surface area contributed by atoms with Crippen molar-refractivity contribution in [3.8, 4) is 0 Å². The van der Waals surface area contributed by atoms with Gasteiger partial charge in [-0.15, -0.1) is 0 Å². The second-order valence-corrected chi connectivity index (χ2v) is 7.10. The molecule has 0 aromatic heterocycles. The molecular formula is C15H32N2OS.